The van der Waals surface area contributed by atoms with E-state index in [4.69, 9.17) is 0 Å². The monoisotopic (exact) mass is 407 g/mol. The Hall–Kier alpha value is -3.10. The molecular weight excluding hydrogens is 387 g/mol. The summed E-state index contributed by atoms with van der Waals surface area (Å²) < 4.78 is 39.2. The van der Waals surface area contributed by atoms with Crippen molar-refractivity contribution in [2.24, 2.45) is 7.05 Å². The van der Waals surface area contributed by atoms with Crippen molar-refractivity contribution in [1.29, 1.82) is 0 Å². The maximum absolute atomic E-state index is 12.7. The minimum absolute atomic E-state index is 0.0344. The van der Waals surface area contributed by atoms with Crippen molar-refractivity contribution < 1.29 is 22.8 Å². The molecule has 1 aliphatic heterocycles. The molecule has 1 aliphatic rings. The third kappa shape index (κ3) is 4.67. The fourth-order valence-electron chi connectivity index (χ4n) is 3.20. The van der Waals surface area contributed by atoms with Gasteiger partial charge in [-0.25, -0.2) is 0 Å². The van der Waals surface area contributed by atoms with Gasteiger partial charge in [0.2, 0.25) is 0 Å². The fraction of sp³-hybridized carbons (Fsp3) is 0.350. The van der Waals surface area contributed by atoms with Crippen LogP contribution in [-0.2, 0) is 13.2 Å². The molecule has 1 fully saturated rings. The Morgan fingerprint density at radius 2 is 1.62 bits per heavy atom. The lowest BCUT2D eigenvalue weighted by Crippen LogP contribution is -2.36. The number of carbonyl (C=O) groups is 2. The van der Waals surface area contributed by atoms with Gasteiger partial charge in [0, 0.05) is 31.9 Å². The van der Waals surface area contributed by atoms with Crippen LogP contribution >= 0.6 is 0 Å². The molecule has 1 saturated heterocycles. The van der Waals surface area contributed by atoms with Crippen LogP contribution in [0.3, 0.4) is 0 Å². The van der Waals surface area contributed by atoms with E-state index in [1.807, 2.05) is 0 Å². The van der Waals surface area contributed by atoms with Gasteiger partial charge in [0.1, 0.15) is 5.69 Å². The molecule has 29 heavy (non-hydrogen) atoms. The predicted octanol–water partition coefficient (Wildman–Crippen LogP) is 3.28. The molecule has 1 aromatic heterocycles. The molecule has 0 unspecified atom stereocenters. The van der Waals surface area contributed by atoms with E-state index in [1.165, 1.54) is 23.9 Å². The molecule has 154 valence electrons. The van der Waals surface area contributed by atoms with Crippen molar-refractivity contribution >= 4 is 17.5 Å². The lowest BCUT2D eigenvalue weighted by atomic mass is 10.1. The Balaban J connectivity index is 1.83. The standard InChI is InChI=1S/C20H20F3N3O3/c1-25-12-14(18(28)26-9-3-2-4-10-26)11-16(19(25)29)24-17(27)13-5-7-15(8-6-13)20(21,22)23/h5-8,11-12H,2-4,9-10H2,1H3,(H,24,27). The number of hydrogen-bond acceptors (Lipinski definition) is 3. The second-order valence-electron chi connectivity index (χ2n) is 6.94. The second kappa shape index (κ2) is 8.10. The number of likely N-dealkylation sites (tertiary alicyclic amines) is 1. The Kier molecular flexibility index (Phi) is 5.76. The maximum atomic E-state index is 12.7. The van der Waals surface area contributed by atoms with E-state index in [-0.39, 0.29) is 22.7 Å². The molecule has 1 N–H and O–H groups in total. The van der Waals surface area contributed by atoms with Gasteiger partial charge in [-0.1, -0.05) is 0 Å². The van der Waals surface area contributed by atoms with E-state index in [2.05, 4.69) is 5.32 Å². The number of anilines is 1. The van der Waals surface area contributed by atoms with Gasteiger partial charge < -0.3 is 14.8 Å². The minimum Gasteiger partial charge on any atom is -0.339 e. The van der Waals surface area contributed by atoms with Crippen molar-refractivity contribution in [3.05, 3.63) is 63.6 Å². The van der Waals surface area contributed by atoms with E-state index >= 15 is 0 Å². The Bertz CT molecular complexity index is 975. The molecule has 3 rings (SSSR count). The highest BCUT2D eigenvalue weighted by Gasteiger charge is 2.30. The lowest BCUT2D eigenvalue weighted by molar-refractivity contribution is -0.137. The molecule has 2 aromatic rings. The predicted molar refractivity (Wildman–Crippen MR) is 101 cm³/mol. The van der Waals surface area contributed by atoms with Crippen LogP contribution in [0, 0.1) is 0 Å². The third-order valence-electron chi connectivity index (χ3n) is 4.80. The smallest absolute Gasteiger partial charge is 0.339 e. The number of alkyl halides is 3. The van der Waals surface area contributed by atoms with E-state index < -0.39 is 23.2 Å². The van der Waals surface area contributed by atoms with Crippen molar-refractivity contribution in [2.45, 2.75) is 25.4 Å². The van der Waals surface area contributed by atoms with Crippen LogP contribution in [0.15, 0.2) is 41.3 Å². The average Bonchev–Trinajstić information content (AvgIpc) is 2.70. The molecule has 0 aliphatic carbocycles. The number of amides is 2. The summed E-state index contributed by atoms with van der Waals surface area (Å²) in [4.78, 5) is 39.1. The largest absolute Gasteiger partial charge is 0.416 e. The second-order valence-corrected chi connectivity index (χ2v) is 6.94. The molecule has 0 bridgehead atoms. The van der Waals surface area contributed by atoms with Crippen LogP contribution in [0.1, 0.15) is 45.5 Å². The summed E-state index contributed by atoms with van der Waals surface area (Å²) in [5.74, 6) is -0.969. The van der Waals surface area contributed by atoms with E-state index in [0.29, 0.717) is 13.1 Å². The van der Waals surface area contributed by atoms with Crippen LogP contribution in [0.4, 0.5) is 18.9 Å². The first-order valence-electron chi connectivity index (χ1n) is 9.15. The minimum atomic E-state index is -4.51. The van der Waals surface area contributed by atoms with Gasteiger partial charge in [-0.3, -0.25) is 14.4 Å². The van der Waals surface area contributed by atoms with E-state index in [9.17, 15) is 27.6 Å². The molecule has 2 amide bonds. The zero-order valence-electron chi connectivity index (χ0n) is 15.8. The Morgan fingerprint density at radius 1 is 1.00 bits per heavy atom. The zero-order valence-corrected chi connectivity index (χ0v) is 15.8. The maximum Gasteiger partial charge on any atom is 0.416 e. The van der Waals surface area contributed by atoms with Gasteiger partial charge in [-0.2, -0.15) is 13.2 Å². The summed E-state index contributed by atoms with van der Waals surface area (Å²) in [5, 5.41) is 2.40. The summed E-state index contributed by atoms with van der Waals surface area (Å²) in [6.07, 6.45) is -0.212. The number of halogens is 3. The van der Waals surface area contributed by atoms with E-state index in [0.717, 1.165) is 43.5 Å². The zero-order chi connectivity index (χ0) is 21.2. The highest BCUT2D eigenvalue weighted by Crippen LogP contribution is 2.29. The molecular formula is C20H20F3N3O3. The van der Waals surface area contributed by atoms with Gasteiger partial charge in [0.05, 0.1) is 11.1 Å². The molecule has 9 heteroatoms. The van der Waals surface area contributed by atoms with Gasteiger partial charge in [0.25, 0.3) is 17.4 Å². The third-order valence-corrected chi connectivity index (χ3v) is 4.80. The first-order valence-corrected chi connectivity index (χ1v) is 9.15. The van der Waals surface area contributed by atoms with Crippen LogP contribution < -0.4 is 10.9 Å². The lowest BCUT2D eigenvalue weighted by Gasteiger charge is -2.27. The van der Waals surface area contributed by atoms with Crippen LogP contribution in [0.2, 0.25) is 0 Å². The summed E-state index contributed by atoms with van der Waals surface area (Å²) >= 11 is 0. The summed E-state index contributed by atoms with van der Waals surface area (Å²) in [6, 6.07) is 4.96. The van der Waals surface area contributed by atoms with Crippen molar-refractivity contribution in [2.75, 3.05) is 18.4 Å². The SMILES string of the molecule is Cn1cc(C(=O)N2CCCCC2)cc(NC(=O)c2ccc(C(F)(F)F)cc2)c1=O. The average molecular weight is 407 g/mol. The van der Waals surface area contributed by atoms with Gasteiger partial charge in [-0.05, 0) is 49.6 Å². The summed E-state index contributed by atoms with van der Waals surface area (Å²) in [7, 11) is 1.46. The van der Waals surface area contributed by atoms with E-state index in [1.54, 1.807) is 4.90 Å². The number of piperidine rings is 1. The number of rotatable bonds is 3. The number of hydrogen-bond donors (Lipinski definition) is 1. The molecule has 1 aromatic carbocycles. The normalized spacial score (nSPS) is 14.6. The first kappa shape index (κ1) is 20.6. The van der Waals surface area contributed by atoms with Crippen LogP contribution in [0.5, 0.6) is 0 Å². The number of benzene rings is 1. The molecule has 6 nitrogen and oxygen atoms in total. The number of nitrogens with one attached hydrogen (secondary N) is 1. The fourth-order valence-corrected chi connectivity index (χ4v) is 3.20. The number of carbonyl (C=O) groups excluding carboxylic acids is 2. The highest BCUT2D eigenvalue weighted by atomic mass is 19.4. The Labute approximate surface area is 164 Å². The summed E-state index contributed by atoms with van der Waals surface area (Å²) in [5.41, 5.74) is -1.29. The first-order chi connectivity index (χ1) is 13.7. The number of nitrogens with zero attached hydrogens (tertiary/aromatic N) is 2. The van der Waals surface area contributed by atoms with Gasteiger partial charge >= 0.3 is 6.18 Å². The summed E-state index contributed by atoms with van der Waals surface area (Å²) in [6.45, 7) is 1.27. The Morgan fingerprint density at radius 3 is 2.21 bits per heavy atom. The number of aryl methyl sites for hydroxylation is 1. The van der Waals surface area contributed by atoms with Crippen molar-refractivity contribution in [1.82, 2.24) is 9.47 Å². The number of pyridine rings is 1. The topological polar surface area (TPSA) is 71.4 Å². The molecule has 0 atom stereocenters. The molecule has 2 heterocycles. The van der Waals surface area contributed by atoms with Gasteiger partial charge in [-0.15, -0.1) is 0 Å². The molecule has 0 spiro atoms. The molecule has 0 saturated carbocycles. The van der Waals surface area contributed by atoms with Gasteiger partial charge in [0.15, 0.2) is 0 Å². The molecule has 0 radical (unpaired) electrons. The highest BCUT2D eigenvalue weighted by molar-refractivity contribution is 6.05. The quantitative estimate of drug-likeness (QED) is 0.849. The van der Waals surface area contributed by atoms with Crippen molar-refractivity contribution in [3.63, 3.8) is 0 Å². The number of aromatic nitrogens is 1. The van der Waals surface area contributed by atoms with Crippen LogP contribution in [0.25, 0.3) is 0 Å². The van der Waals surface area contributed by atoms with Crippen molar-refractivity contribution in [3.8, 4) is 0 Å². The van der Waals surface area contributed by atoms with Crippen LogP contribution in [-0.4, -0.2) is 34.4 Å².